The van der Waals surface area contributed by atoms with E-state index < -0.39 is 19.3 Å². The molecule has 0 bridgehead atoms. The third-order valence-corrected chi connectivity index (χ3v) is 4.55. The van der Waals surface area contributed by atoms with Crippen molar-refractivity contribution in [2.24, 2.45) is 0 Å². The van der Waals surface area contributed by atoms with Crippen LogP contribution >= 0.6 is 0 Å². The number of amides is 1. The first kappa shape index (κ1) is 25.5. The summed E-state index contributed by atoms with van der Waals surface area (Å²) < 4.78 is 68.0. The molecule has 0 aromatic carbocycles. The van der Waals surface area contributed by atoms with Gasteiger partial charge in [0, 0.05) is 37.9 Å². The van der Waals surface area contributed by atoms with E-state index in [9.17, 15) is 26.7 Å². The zero-order chi connectivity index (χ0) is 23.8. The maximum absolute atomic E-state index is 12.3. The van der Waals surface area contributed by atoms with Gasteiger partial charge in [0.25, 0.3) is 0 Å². The van der Waals surface area contributed by atoms with E-state index in [1.54, 1.807) is 6.20 Å². The molecule has 8 nitrogen and oxygen atoms in total. The number of alkyl halides is 5. The normalized spacial score (nSPS) is 15.1. The van der Waals surface area contributed by atoms with Gasteiger partial charge in [-0.25, -0.2) is 4.98 Å². The van der Waals surface area contributed by atoms with Gasteiger partial charge in [-0.3, -0.25) is 14.7 Å². The Morgan fingerprint density at radius 2 is 1.94 bits per heavy atom. The lowest BCUT2D eigenvalue weighted by Crippen LogP contribution is -2.51. The second kappa shape index (κ2) is 11.2. The number of piperazine rings is 1. The predicted molar refractivity (Wildman–Crippen MR) is 104 cm³/mol. The molecule has 2 aromatic rings. The Balaban J connectivity index is 0.000000390. The summed E-state index contributed by atoms with van der Waals surface area (Å²) in [7, 11) is 0. The van der Waals surface area contributed by atoms with Gasteiger partial charge in [-0.2, -0.15) is 22.0 Å². The van der Waals surface area contributed by atoms with Crippen molar-refractivity contribution in [1.82, 2.24) is 25.5 Å². The Morgan fingerprint density at radius 3 is 2.50 bits per heavy atom. The highest BCUT2D eigenvalue weighted by Gasteiger charge is 2.34. The predicted octanol–water partition coefficient (Wildman–Crippen LogP) is 2.77. The number of rotatable bonds is 7. The largest absolute Gasteiger partial charge is 0.439 e. The number of nitrogens with zero attached hydrogens (tertiary/aromatic N) is 3. The molecule has 2 N–H and O–H groups in total. The minimum Gasteiger partial charge on any atom is -0.439 e. The van der Waals surface area contributed by atoms with Gasteiger partial charge in [0.05, 0.1) is 17.9 Å². The fraction of sp³-hybridized carbons (Fsp3) is 0.526. The van der Waals surface area contributed by atoms with Crippen molar-refractivity contribution in [3.8, 4) is 17.1 Å². The number of carbonyl (C=O) groups is 1. The maximum Gasteiger partial charge on any atom is 0.405 e. The number of ether oxygens (including phenoxy) is 1. The number of nitrogens with one attached hydrogen (secondary N) is 2. The zero-order valence-electron chi connectivity index (χ0n) is 17.5. The van der Waals surface area contributed by atoms with E-state index in [-0.39, 0.29) is 17.7 Å². The van der Waals surface area contributed by atoms with Crippen molar-refractivity contribution in [2.75, 3.05) is 32.7 Å². The Morgan fingerprint density at radius 1 is 1.25 bits per heavy atom. The highest BCUT2D eigenvalue weighted by molar-refractivity contribution is 5.57. The highest BCUT2D eigenvalue weighted by Crippen LogP contribution is 2.31. The van der Waals surface area contributed by atoms with Crippen molar-refractivity contribution >= 4 is 6.41 Å². The molecule has 1 saturated heterocycles. The summed E-state index contributed by atoms with van der Waals surface area (Å²) in [4.78, 5) is 19.8. The average molecular weight is 465 g/mol. The fourth-order valence-electron chi connectivity index (χ4n) is 2.93. The number of pyridine rings is 1. The van der Waals surface area contributed by atoms with Crippen LogP contribution < -0.4 is 15.4 Å². The van der Waals surface area contributed by atoms with Gasteiger partial charge in [0.2, 0.25) is 12.3 Å². The van der Waals surface area contributed by atoms with Crippen LogP contribution in [-0.2, 0) is 10.3 Å². The molecule has 13 heteroatoms. The lowest BCUT2D eigenvalue weighted by molar-refractivity contribution is -0.132. The monoisotopic (exact) mass is 465 g/mol. The molecular formula is C19H24F5N5O3. The lowest BCUT2D eigenvalue weighted by Gasteiger charge is -2.38. The van der Waals surface area contributed by atoms with Crippen LogP contribution in [0.1, 0.15) is 19.7 Å². The van der Waals surface area contributed by atoms with Crippen molar-refractivity contribution in [2.45, 2.75) is 32.2 Å². The average Bonchev–Trinajstić information content (AvgIpc) is 3.24. The van der Waals surface area contributed by atoms with Gasteiger partial charge in [-0.1, -0.05) is 0 Å². The first-order valence-corrected chi connectivity index (χ1v) is 9.59. The molecule has 1 aliphatic rings. The summed E-state index contributed by atoms with van der Waals surface area (Å²) in [5.41, 5.74) is 0.188. The number of oxazole rings is 1. The van der Waals surface area contributed by atoms with E-state index in [1.807, 2.05) is 0 Å². The number of hydrogen-bond donors (Lipinski definition) is 2. The molecule has 0 spiro atoms. The molecule has 0 atom stereocenters. The minimum absolute atomic E-state index is 0.00743. The minimum atomic E-state index is -4.29. The van der Waals surface area contributed by atoms with Crippen LogP contribution in [0.25, 0.3) is 11.3 Å². The van der Waals surface area contributed by atoms with Gasteiger partial charge >= 0.3 is 12.8 Å². The maximum atomic E-state index is 12.3. The van der Waals surface area contributed by atoms with Crippen molar-refractivity contribution in [1.29, 1.82) is 0 Å². The summed E-state index contributed by atoms with van der Waals surface area (Å²) in [6, 6.07) is 1.46. The third-order valence-electron chi connectivity index (χ3n) is 4.55. The molecule has 1 aliphatic heterocycles. The number of carbonyl (C=O) groups excluding carboxylic acids is 1. The van der Waals surface area contributed by atoms with Gasteiger partial charge in [-0.05, 0) is 19.9 Å². The third kappa shape index (κ3) is 7.71. The van der Waals surface area contributed by atoms with Crippen LogP contribution in [0.5, 0.6) is 5.75 Å². The van der Waals surface area contributed by atoms with Gasteiger partial charge in [0.1, 0.15) is 12.3 Å². The van der Waals surface area contributed by atoms with Crippen LogP contribution in [0.2, 0.25) is 0 Å². The summed E-state index contributed by atoms with van der Waals surface area (Å²) >= 11 is 0. The van der Waals surface area contributed by atoms with Crippen molar-refractivity contribution in [3.05, 3.63) is 30.5 Å². The van der Waals surface area contributed by atoms with Crippen LogP contribution in [-0.4, -0.2) is 66.8 Å². The summed E-state index contributed by atoms with van der Waals surface area (Å²) in [5.74, 6) is 1.04. The van der Waals surface area contributed by atoms with E-state index in [0.29, 0.717) is 17.2 Å². The number of hydrogen-bond acceptors (Lipinski definition) is 7. The van der Waals surface area contributed by atoms with E-state index in [2.05, 4.69) is 38.8 Å². The highest BCUT2D eigenvalue weighted by atomic mass is 19.4. The summed E-state index contributed by atoms with van der Waals surface area (Å²) in [6.45, 7) is 3.64. The molecule has 32 heavy (non-hydrogen) atoms. The zero-order valence-corrected chi connectivity index (χ0v) is 17.5. The summed E-state index contributed by atoms with van der Waals surface area (Å²) in [5, 5.41) is 4.80. The SMILES string of the molecule is CC(C)(c1ncc(-c2cncc(OC(F)F)c2)o1)N1CCNCC1.O=CNCC(F)(F)F. The molecule has 1 amide bonds. The Labute approximate surface area is 181 Å². The fourth-order valence-corrected chi connectivity index (χ4v) is 2.93. The quantitative estimate of drug-likeness (QED) is 0.480. The topological polar surface area (TPSA) is 92.5 Å². The molecule has 3 heterocycles. The Bertz CT molecular complexity index is 854. The number of halogens is 5. The van der Waals surface area contributed by atoms with Crippen molar-refractivity contribution < 1.29 is 35.9 Å². The molecule has 0 unspecified atom stereocenters. The van der Waals surface area contributed by atoms with Gasteiger partial charge in [-0.15, -0.1) is 0 Å². The molecule has 1 fully saturated rings. The standard InChI is InChI=1S/C16H20F2N4O2.C3H4F3NO/c1-16(2,22-5-3-19-4-6-22)14-21-10-13(24-14)11-7-12(9-20-8-11)23-15(17)18;4-3(5,6)1-7-2-8/h7-10,15,19H,3-6H2,1-2H3;2H,1H2,(H,7,8). The number of aromatic nitrogens is 2. The van der Waals surface area contributed by atoms with Crippen LogP contribution in [0, 0.1) is 0 Å². The van der Waals surface area contributed by atoms with Crippen LogP contribution in [0.4, 0.5) is 22.0 Å². The lowest BCUT2D eigenvalue weighted by atomic mass is 10.0. The Hall–Kier alpha value is -2.80. The second-order valence-electron chi connectivity index (χ2n) is 7.23. The van der Waals surface area contributed by atoms with E-state index in [0.717, 1.165) is 26.2 Å². The Kier molecular flexibility index (Phi) is 8.89. The molecule has 2 aromatic heterocycles. The van der Waals surface area contributed by atoms with E-state index >= 15 is 0 Å². The molecule has 178 valence electrons. The summed E-state index contributed by atoms with van der Waals surface area (Å²) in [6.07, 6.45) is 0.0644. The molecule has 0 saturated carbocycles. The molecule has 0 radical (unpaired) electrons. The molecule has 3 rings (SSSR count). The molecule has 0 aliphatic carbocycles. The second-order valence-corrected chi connectivity index (χ2v) is 7.23. The van der Waals surface area contributed by atoms with E-state index in [4.69, 9.17) is 4.42 Å². The van der Waals surface area contributed by atoms with Gasteiger partial charge in [0.15, 0.2) is 5.76 Å². The van der Waals surface area contributed by atoms with Gasteiger partial charge < -0.3 is 19.8 Å². The van der Waals surface area contributed by atoms with E-state index in [1.165, 1.54) is 23.8 Å². The van der Waals surface area contributed by atoms with Crippen LogP contribution in [0.3, 0.4) is 0 Å². The first-order chi connectivity index (χ1) is 15.0. The smallest absolute Gasteiger partial charge is 0.405 e. The van der Waals surface area contributed by atoms with Crippen molar-refractivity contribution in [3.63, 3.8) is 0 Å². The first-order valence-electron chi connectivity index (χ1n) is 9.59. The molecular weight excluding hydrogens is 441 g/mol. The van der Waals surface area contributed by atoms with Crippen LogP contribution in [0.15, 0.2) is 29.1 Å².